The van der Waals surface area contributed by atoms with Crippen molar-refractivity contribution in [3.05, 3.63) is 29.8 Å². The number of hydrogen-bond acceptors (Lipinski definition) is 3. The van der Waals surface area contributed by atoms with Gasteiger partial charge in [0.2, 0.25) is 10.0 Å². The molecule has 5 nitrogen and oxygen atoms in total. The third kappa shape index (κ3) is 3.34. The van der Waals surface area contributed by atoms with Crippen LogP contribution in [0.2, 0.25) is 0 Å². The summed E-state index contributed by atoms with van der Waals surface area (Å²) in [6.07, 6.45) is 0. The molecule has 0 saturated heterocycles. The van der Waals surface area contributed by atoms with E-state index in [1.807, 2.05) is 0 Å². The van der Waals surface area contributed by atoms with E-state index in [1.165, 1.54) is 26.1 Å². The predicted octanol–water partition coefficient (Wildman–Crippen LogP) is 1.15. The van der Waals surface area contributed by atoms with E-state index in [2.05, 4.69) is 11.8 Å². The van der Waals surface area contributed by atoms with Crippen molar-refractivity contribution in [3.8, 4) is 11.8 Å². The third-order valence-electron chi connectivity index (χ3n) is 2.70. The SMILES string of the molecule is CC#Cc1ccc(S(=O)(=O)N(C)[C@H](C)C(=O)O)cc1. The molecule has 1 aromatic rings. The molecule has 0 aliphatic heterocycles. The highest BCUT2D eigenvalue weighted by Gasteiger charge is 2.29. The topological polar surface area (TPSA) is 74.7 Å². The van der Waals surface area contributed by atoms with E-state index >= 15 is 0 Å². The molecule has 0 spiro atoms. The molecule has 0 fully saturated rings. The van der Waals surface area contributed by atoms with Crippen molar-refractivity contribution in [1.82, 2.24) is 4.31 Å². The lowest BCUT2D eigenvalue weighted by molar-refractivity contribution is -0.140. The van der Waals surface area contributed by atoms with Gasteiger partial charge in [-0.05, 0) is 38.1 Å². The number of likely N-dealkylation sites (N-methyl/N-ethyl adjacent to an activating group) is 1. The zero-order valence-corrected chi connectivity index (χ0v) is 11.7. The quantitative estimate of drug-likeness (QED) is 0.840. The zero-order chi connectivity index (χ0) is 14.6. The molecule has 19 heavy (non-hydrogen) atoms. The van der Waals surface area contributed by atoms with Crippen LogP contribution in [0.15, 0.2) is 29.2 Å². The molecule has 0 bridgehead atoms. The predicted molar refractivity (Wildman–Crippen MR) is 71.0 cm³/mol. The third-order valence-corrected chi connectivity index (χ3v) is 4.65. The maximum absolute atomic E-state index is 12.2. The maximum atomic E-state index is 12.2. The number of rotatable bonds is 4. The Bertz CT molecular complexity index is 623. The largest absolute Gasteiger partial charge is 0.480 e. The molecule has 1 rings (SSSR count). The van der Waals surface area contributed by atoms with Crippen LogP contribution >= 0.6 is 0 Å². The van der Waals surface area contributed by atoms with Gasteiger partial charge >= 0.3 is 5.97 Å². The number of carboxylic acids is 1. The summed E-state index contributed by atoms with van der Waals surface area (Å²) in [7, 11) is -2.57. The number of aliphatic carboxylic acids is 1. The van der Waals surface area contributed by atoms with Crippen LogP contribution in [0.5, 0.6) is 0 Å². The minimum atomic E-state index is -3.81. The van der Waals surface area contributed by atoms with Crippen molar-refractivity contribution in [3.63, 3.8) is 0 Å². The van der Waals surface area contributed by atoms with Crippen LogP contribution in [0.4, 0.5) is 0 Å². The lowest BCUT2D eigenvalue weighted by Gasteiger charge is -2.20. The first-order valence-electron chi connectivity index (χ1n) is 5.54. The molecule has 1 aromatic carbocycles. The molecule has 1 N–H and O–H groups in total. The van der Waals surface area contributed by atoms with Gasteiger partial charge in [-0.3, -0.25) is 4.79 Å². The van der Waals surface area contributed by atoms with Crippen molar-refractivity contribution in [2.45, 2.75) is 24.8 Å². The van der Waals surface area contributed by atoms with Gasteiger partial charge in [0.15, 0.2) is 0 Å². The molecule has 6 heteroatoms. The first-order valence-corrected chi connectivity index (χ1v) is 6.98. The average molecular weight is 281 g/mol. The van der Waals surface area contributed by atoms with E-state index in [0.29, 0.717) is 5.56 Å². The maximum Gasteiger partial charge on any atom is 0.321 e. The molecule has 102 valence electrons. The lowest BCUT2D eigenvalue weighted by Crippen LogP contribution is -2.40. The Hall–Kier alpha value is -1.84. The Labute approximate surface area is 112 Å². The van der Waals surface area contributed by atoms with Crippen LogP contribution in [0.1, 0.15) is 19.4 Å². The molecule has 0 saturated carbocycles. The van der Waals surface area contributed by atoms with Crippen LogP contribution in [-0.2, 0) is 14.8 Å². The second-order valence-corrected chi connectivity index (χ2v) is 5.93. The van der Waals surface area contributed by atoms with Gasteiger partial charge in [-0.15, -0.1) is 5.92 Å². The number of sulfonamides is 1. The van der Waals surface area contributed by atoms with Crippen molar-refractivity contribution >= 4 is 16.0 Å². The molecule has 0 unspecified atom stereocenters. The number of carboxylic acid groups (broad SMARTS) is 1. The van der Waals surface area contributed by atoms with E-state index in [4.69, 9.17) is 5.11 Å². The van der Waals surface area contributed by atoms with E-state index in [-0.39, 0.29) is 4.90 Å². The van der Waals surface area contributed by atoms with Crippen LogP contribution < -0.4 is 0 Å². The van der Waals surface area contributed by atoms with Crippen molar-refractivity contribution in [1.29, 1.82) is 0 Å². The Balaban J connectivity index is 3.12. The summed E-state index contributed by atoms with van der Waals surface area (Å²) in [5.41, 5.74) is 0.704. The van der Waals surface area contributed by atoms with Gasteiger partial charge in [-0.2, -0.15) is 4.31 Å². The highest BCUT2D eigenvalue weighted by atomic mass is 32.2. The molecular weight excluding hydrogens is 266 g/mol. The van der Waals surface area contributed by atoms with Gasteiger partial charge in [-0.25, -0.2) is 8.42 Å². The van der Waals surface area contributed by atoms with E-state index < -0.39 is 22.0 Å². The van der Waals surface area contributed by atoms with Crippen molar-refractivity contribution in [2.24, 2.45) is 0 Å². The summed E-state index contributed by atoms with van der Waals surface area (Å²) in [5.74, 6) is 4.32. The summed E-state index contributed by atoms with van der Waals surface area (Å²) in [6, 6.07) is 4.88. The summed E-state index contributed by atoms with van der Waals surface area (Å²) in [5, 5.41) is 8.85. The first kappa shape index (κ1) is 15.2. The molecule has 0 aromatic heterocycles. The highest BCUT2D eigenvalue weighted by molar-refractivity contribution is 7.89. The molecule has 0 aliphatic rings. The van der Waals surface area contributed by atoms with Gasteiger partial charge < -0.3 is 5.11 Å². The number of carbonyl (C=O) groups is 1. The number of hydrogen-bond donors (Lipinski definition) is 1. The highest BCUT2D eigenvalue weighted by Crippen LogP contribution is 2.17. The van der Waals surface area contributed by atoms with E-state index in [9.17, 15) is 13.2 Å². The second kappa shape index (κ2) is 5.87. The molecule has 0 amide bonds. The number of nitrogens with zero attached hydrogens (tertiary/aromatic N) is 1. The summed E-state index contributed by atoms with van der Waals surface area (Å²) in [4.78, 5) is 10.9. The zero-order valence-electron chi connectivity index (χ0n) is 10.9. The second-order valence-electron chi connectivity index (χ2n) is 3.93. The summed E-state index contributed by atoms with van der Waals surface area (Å²) in [6.45, 7) is 3.00. The molecular formula is C13H15NO4S. The standard InChI is InChI=1S/C13H15NO4S/c1-4-5-11-6-8-12(9-7-11)19(17,18)14(3)10(2)13(15)16/h6-10H,1-3H3,(H,15,16)/t10-/m1/s1. The van der Waals surface area contributed by atoms with E-state index in [0.717, 1.165) is 4.31 Å². The Morgan fingerprint density at radius 3 is 2.26 bits per heavy atom. The fourth-order valence-corrected chi connectivity index (χ4v) is 2.70. The smallest absolute Gasteiger partial charge is 0.321 e. The summed E-state index contributed by atoms with van der Waals surface area (Å²) < 4.78 is 25.2. The Morgan fingerprint density at radius 2 is 1.84 bits per heavy atom. The molecule has 0 radical (unpaired) electrons. The van der Waals surface area contributed by atoms with E-state index in [1.54, 1.807) is 19.1 Å². The van der Waals surface area contributed by atoms with Crippen molar-refractivity contribution < 1.29 is 18.3 Å². The molecule has 0 heterocycles. The average Bonchev–Trinajstić information content (AvgIpc) is 2.37. The normalized spacial score (nSPS) is 12.6. The van der Waals surface area contributed by atoms with Crippen molar-refractivity contribution in [2.75, 3.05) is 7.05 Å². The van der Waals surface area contributed by atoms with Crippen LogP contribution in [-0.4, -0.2) is 36.9 Å². The van der Waals surface area contributed by atoms with Gasteiger partial charge in [0, 0.05) is 12.6 Å². The lowest BCUT2D eigenvalue weighted by atomic mass is 10.2. The van der Waals surface area contributed by atoms with Gasteiger partial charge in [0.25, 0.3) is 0 Å². The minimum absolute atomic E-state index is 0.0461. The summed E-state index contributed by atoms with van der Waals surface area (Å²) >= 11 is 0. The van der Waals surface area contributed by atoms with Gasteiger partial charge in [0.1, 0.15) is 6.04 Å². The minimum Gasteiger partial charge on any atom is -0.480 e. The monoisotopic (exact) mass is 281 g/mol. The van der Waals surface area contributed by atoms with Crippen LogP contribution in [0, 0.1) is 11.8 Å². The fraction of sp³-hybridized carbons (Fsp3) is 0.308. The fourth-order valence-electron chi connectivity index (χ4n) is 1.38. The van der Waals surface area contributed by atoms with Gasteiger partial charge in [0.05, 0.1) is 4.90 Å². The van der Waals surface area contributed by atoms with Crippen LogP contribution in [0.25, 0.3) is 0 Å². The Morgan fingerprint density at radius 1 is 1.32 bits per heavy atom. The first-order chi connectivity index (χ1) is 8.80. The number of benzene rings is 1. The van der Waals surface area contributed by atoms with Crippen LogP contribution in [0.3, 0.4) is 0 Å². The van der Waals surface area contributed by atoms with Gasteiger partial charge in [-0.1, -0.05) is 5.92 Å². The Kier molecular flexibility index (Phi) is 4.70. The molecule has 0 aliphatic carbocycles. The molecule has 1 atom stereocenters.